The third-order valence-corrected chi connectivity index (χ3v) is 2.90. The van der Waals surface area contributed by atoms with E-state index in [1.165, 1.54) is 12.1 Å². The fraction of sp³-hybridized carbons (Fsp3) is 0.0625. The summed E-state index contributed by atoms with van der Waals surface area (Å²) >= 11 is 0. The first-order valence-corrected chi connectivity index (χ1v) is 6.50. The summed E-state index contributed by atoms with van der Waals surface area (Å²) in [5.74, 6) is -0.506. The Kier molecular flexibility index (Phi) is 4.68. The van der Waals surface area contributed by atoms with Crippen LogP contribution in [0.15, 0.2) is 65.3 Å². The van der Waals surface area contributed by atoms with Crippen molar-refractivity contribution in [1.29, 1.82) is 0 Å². The van der Waals surface area contributed by atoms with E-state index in [2.05, 4.69) is 4.99 Å². The maximum Gasteiger partial charge on any atom is 0.430 e. The summed E-state index contributed by atoms with van der Waals surface area (Å²) in [6.07, 6.45) is -3.97. The minimum atomic E-state index is -4.68. The molecule has 0 unspecified atom stereocenters. The quantitative estimate of drug-likeness (QED) is 0.510. The lowest BCUT2D eigenvalue weighted by Gasteiger charge is -2.08. The highest BCUT2D eigenvalue weighted by molar-refractivity contribution is 6.10. The number of rotatable bonds is 3. The zero-order valence-electron chi connectivity index (χ0n) is 11.8. The van der Waals surface area contributed by atoms with Crippen LogP contribution in [0, 0.1) is 5.82 Å². The van der Waals surface area contributed by atoms with Gasteiger partial charge in [-0.05, 0) is 54.6 Å². The van der Waals surface area contributed by atoms with Gasteiger partial charge in [0, 0.05) is 11.3 Å². The molecule has 0 amide bonds. The fourth-order valence-corrected chi connectivity index (χ4v) is 1.72. The lowest BCUT2D eigenvalue weighted by molar-refractivity contribution is -0.0925. The fourth-order valence-electron chi connectivity index (χ4n) is 1.72. The zero-order valence-corrected chi connectivity index (χ0v) is 11.8. The van der Waals surface area contributed by atoms with Crippen molar-refractivity contribution in [1.82, 2.24) is 0 Å². The number of nitrogens with zero attached hydrogens (tertiary/aromatic N) is 1. The number of benzene rings is 2. The van der Waals surface area contributed by atoms with Crippen LogP contribution in [0.3, 0.4) is 0 Å². The molecular formula is C16H13F4N3. The van der Waals surface area contributed by atoms with E-state index in [-0.39, 0.29) is 5.71 Å². The van der Waals surface area contributed by atoms with Gasteiger partial charge in [0.05, 0.1) is 11.4 Å². The Morgan fingerprint density at radius 1 is 0.957 bits per heavy atom. The largest absolute Gasteiger partial charge is 0.430 e. The highest BCUT2D eigenvalue weighted by Gasteiger charge is 2.31. The average molecular weight is 323 g/mol. The molecule has 0 radical (unpaired) electrons. The minimum Gasteiger partial charge on any atom is -0.399 e. The Bertz CT molecular complexity index is 729. The van der Waals surface area contributed by atoms with Crippen LogP contribution in [0.2, 0.25) is 0 Å². The second-order valence-electron chi connectivity index (χ2n) is 4.69. The summed E-state index contributed by atoms with van der Waals surface area (Å²) in [4.78, 5) is 4.14. The molecule has 0 saturated carbocycles. The predicted octanol–water partition coefficient (Wildman–Crippen LogP) is 3.93. The van der Waals surface area contributed by atoms with Crippen LogP contribution >= 0.6 is 0 Å². The number of nitrogens with two attached hydrogens (primary N) is 2. The number of allylic oxidation sites excluding steroid dienone is 2. The normalized spacial score (nSPS) is 13.2. The van der Waals surface area contributed by atoms with Gasteiger partial charge in [0.1, 0.15) is 11.5 Å². The molecule has 0 aromatic heterocycles. The summed E-state index contributed by atoms with van der Waals surface area (Å²) in [5.41, 5.74) is 10.5. The molecule has 0 spiro atoms. The van der Waals surface area contributed by atoms with Crippen molar-refractivity contribution in [2.24, 2.45) is 10.7 Å². The molecule has 2 rings (SSSR count). The summed E-state index contributed by atoms with van der Waals surface area (Å²) in [6.45, 7) is 0. The average Bonchev–Trinajstić information content (AvgIpc) is 2.48. The van der Waals surface area contributed by atoms with Gasteiger partial charge in [-0.15, -0.1) is 0 Å². The van der Waals surface area contributed by atoms with Crippen molar-refractivity contribution in [2.45, 2.75) is 6.18 Å². The van der Waals surface area contributed by atoms with Gasteiger partial charge in [0.25, 0.3) is 0 Å². The van der Waals surface area contributed by atoms with E-state index in [1.54, 1.807) is 24.3 Å². The SMILES string of the molecule is NC(=CC(=Nc1ccc(N)cc1)c1ccc(F)cc1)C(F)(F)F. The van der Waals surface area contributed by atoms with Crippen LogP contribution in [0.25, 0.3) is 0 Å². The Morgan fingerprint density at radius 3 is 2.04 bits per heavy atom. The number of aliphatic imine (C=N–C) groups is 1. The van der Waals surface area contributed by atoms with Crippen LogP contribution < -0.4 is 11.5 Å². The molecule has 120 valence electrons. The summed E-state index contributed by atoms with van der Waals surface area (Å²) in [7, 11) is 0. The third-order valence-electron chi connectivity index (χ3n) is 2.90. The third kappa shape index (κ3) is 4.57. The summed E-state index contributed by atoms with van der Waals surface area (Å²) in [5, 5.41) is 0. The highest BCUT2D eigenvalue weighted by atomic mass is 19.4. The Balaban J connectivity index is 2.51. The van der Waals surface area contributed by atoms with Crippen LogP contribution in [-0.4, -0.2) is 11.9 Å². The molecule has 3 nitrogen and oxygen atoms in total. The molecule has 0 bridgehead atoms. The number of hydrogen-bond acceptors (Lipinski definition) is 3. The molecule has 23 heavy (non-hydrogen) atoms. The first kappa shape index (κ1) is 16.5. The molecule has 0 fully saturated rings. The zero-order chi connectivity index (χ0) is 17.0. The van der Waals surface area contributed by atoms with Crippen molar-refractivity contribution in [3.05, 3.63) is 71.7 Å². The lowest BCUT2D eigenvalue weighted by atomic mass is 10.1. The van der Waals surface area contributed by atoms with Gasteiger partial charge in [-0.25, -0.2) is 9.38 Å². The smallest absolute Gasteiger partial charge is 0.399 e. The van der Waals surface area contributed by atoms with Crippen molar-refractivity contribution in [3.63, 3.8) is 0 Å². The van der Waals surface area contributed by atoms with Gasteiger partial charge in [0.2, 0.25) is 0 Å². The van der Waals surface area contributed by atoms with Crippen molar-refractivity contribution in [2.75, 3.05) is 5.73 Å². The molecule has 0 aliphatic rings. The molecule has 0 aliphatic heterocycles. The number of hydrogen-bond donors (Lipinski definition) is 2. The van der Waals surface area contributed by atoms with E-state index in [0.717, 1.165) is 12.1 Å². The topological polar surface area (TPSA) is 64.4 Å². The highest BCUT2D eigenvalue weighted by Crippen LogP contribution is 2.23. The Hall–Kier alpha value is -2.83. The summed E-state index contributed by atoms with van der Waals surface area (Å²) < 4.78 is 51.0. The molecule has 0 atom stereocenters. The van der Waals surface area contributed by atoms with Gasteiger partial charge in [0.15, 0.2) is 0 Å². The lowest BCUT2D eigenvalue weighted by Crippen LogP contribution is -2.20. The Labute approximate surface area is 129 Å². The second kappa shape index (κ2) is 6.51. The van der Waals surface area contributed by atoms with Gasteiger partial charge < -0.3 is 11.5 Å². The van der Waals surface area contributed by atoms with E-state index in [1.807, 2.05) is 0 Å². The minimum absolute atomic E-state index is 0.0374. The van der Waals surface area contributed by atoms with E-state index in [4.69, 9.17) is 11.5 Å². The van der Waals surface area contributed by atoms with Crippen LogP contribution in [-0.2, 0) is 0 Å². The predicted molar refractivity (Wildman–Crippen MR) is 81.8 cm³/mol. The van der Waals surface area contributed by atoms with Gasteiger partial charge in [-0.3, -0.25) is 0 Å². The van der Waals surface area contributed by atoms with Crippen LogP contribution in [0.1, 0.15) is 5.56 Å². The molecule has 2 aromatic carbocycles. The maximum atomic E-state index is 13.0. The molecule has 0 aliphatic carbocycles. The van der Waals surface area contributed by atoms with Crippen molar-refractivity contribution >= 4 is 17.1 Å². The first-order chi connectivity index (χ1) is 10.8. The summed E-state index contributed by atoms with van der Waals surface area (Å²) in [6, 6.07) is 11.1. The maximum absolute atomic E-state index is 13.0. The van der Waals surface area contributed by atoms with E-state index in [0.29, 0.717) is 23.0 Å². The van der Waals surface area contributed by atoms with Crippen LogP contribution in [0.4, 0.5) is 28.9 Å². The number of halogens is 4. The molecule has 0 saturated heterocycles. The van der Waals surface area contributed by atoms with Crippen molar-refractivity contribution < 1.29 is 17.6 Å². The van der Waals surface area contributed by atoms with E-state index >= 15 is 0 Å². The molecule has 4 N–H and O–H groups in total. The van der Waals surface area contributed by atoms with Gasteiger partial charge >= 0.3 is 6.18 Å². The molecular weight excluding hydrogens is 310 g/mol. The molecule has 0 heterocycles. The van der Waals surface area contributed by atoms with Gasteiger partial charge in [-0.2, -0.15) is 13.2 Å². The monoisotopic (exact) mass is 323 g/mol. The van der Waals surface area contributed by atoms with Crippen LogP contribution in [0.5, 0.6) is 0 Å². The second-order valence-corrected chi connectivity index (χ2v) is 4.69. The Morgan fingerprint density at radius 2 is 1.52 bits per heavy atom. The standard InChI is InChI=1S/C16H13F4N3/c17-11-3-1-10(2-4-11)14(9-15(22)16(18,19)20)23-13-7-5-12(21)6-8-13/h1-9H,21-22H2. The number of alkyl halides is 3. The van der Waals surface area contributed by atoms with E-state index in [9.17, 15) is 17.6 Å². The molecule has 7 heteroatoms. The number of anilines is 1. The number of nitrogen functional groups attached to an aromatic ring is 1. The first-order valence-electron chi connectivity index (χ1n) is 6.50. The van der Waals surface area contributed by atoms with Gasteiger partial charge in [-0.1, -0.05) is 0 Å². The van der Waals surface area contributed by atoms with Crippen molar-refractivity contribution in [3.8, 4) is 0 Å². The molecule has 2 aromatic rings. The van der Waals surface area contributed by atoms with E-state index < -0.39 is 17.7 Å².